The van der Waals surface area contributed by atoms with Crippen molar-refractivity contribution in [1.29, 1.82) is 0 Å². The van der Waals surface area contributed by atoms with Crippen LogP contribution in [-0.2, 0) is 6.42 Å². The van der Waals surface area contributed by atoms with E-state index in [9.17, 15) is 5.11 Å². The Balaban J connectivity index is 1.95. The SMILES string of the molecule is CC1CCC(O)(C2CCCc3cccnc32)C1. The van der Waals surface area contributed by atoms with Gasteiger partial charge in [0, 0.05) is 17.8 Å². The van der Waals surface area contributed by atoms with Crippen LogP contribution < -0.4 is 0 Å². The first-order chi connectivity index (χ1) is 8.19. The highest BCUT2D eigenvalue weighted by molar-refractivity contribution is 5.29. The van der Waals surface area contributed by atoms with Crippen molar-refractivity contribution < 1.29 is 5.11 Å². The van der Waals surface area contributed by atoms with Crippen LogP contribution in [0.25, 0.3) is 0 Å². The average molecular weight is 231 g/mol. The van der Waals surface area contributed by atoms with Crippen molar-refractivity contribution in [2.24, 2.45) is 5.92 Å². The molecular weight excluding hydrogens is 210 g/mol. The molecule has 0 saturated heterocycles. The summed E-state index contributed by atoms with van der Waals surface area (Å²) in [5, 5.41) is 10.9. The molecule has 2 heteroatoms. The number of fused-ring (bicyclic) bond motifs is 1. The molecule has 3 atom stereocenters. The molecule has 0 aromatic carbocycles. The van der Waals surface area contributed by atoms with Gasteiger partial charge >= 0.3 is 0 Å². The lowest BCUT2D eigenvalue weighted by atomic mass is 9.74. The molecule has 1 aromatic heterocycles. The van der Waals surface area contributed by atoms with Crippen molar-refractivity contribution in [2.45, 2.75) is 57.0 Å². The van der Waals surface area contributed by atoms with Crippen LogP contribution in [0.1, 0.15) is 56.2 Å². The van der Waals surface area contributed by atoms with Gasteiger partial charge in [0.2, 0.25) is 0 Å². The van der Waals surface area contributed by atoms with Gasteiger partial charge in [0.25, 0.3) is 0 Å². The predicted octanol–water partition coefficient (Wildman–Crippen LogP) is 3.05. The molecule has 1 fully saturated rings. The minimum atomic E-state index is -0.483. The maximum atomic E-state index is 10.9. The third kappa shape index (κ3) is 1.89. The van der Waals surface area contributed by atoms with Crippen LogP contribution in [0.4, 0.5) is 0 Å². The zero-order chi connectivity index (χ0) is 11.9. The molecule has 2 aliphatic rings. The van der Waals surface area contributed by atoms with Crippen molar-refractivity contribution in [3.05, 3.63) is 29.6 Å². The number of aliphatic hydroxyl groups is 1. The zero-order valence-electron chi connectivity index (χ0n) is 10.5. The second kappa shape index (κ2) is 4.09. The van der Waals surface area contributed by atoms with E-state index < -0.39 is 5.60 Å². The highest BCUT2D eigenvalue weighted by Crippen LogP contribution is 2.47. The Kier molecular flexibility index (Phi) is 2.70. The summed E-state index contributed by atoms with van der Waals surface area (Å²) in [6.07, 6.45) is 8.37. The highest BCUT2D eigenvalue weighted by atomic mass is 16.3. The summed E-state index contributed by atoms with van der Waals surface area (Å²) in [5.41, 5.74) is 2.05. The average Bonchev–Trinajstić information content (AvgIpc) is 2.70. The van der Waals surface area contributed by atoms with Crippen LogP contribution in [0.3, 0.4) is 0 Å². The zero-order valence-corrected chi connectivity index (χ0v) is 10.5. The Hall–Kier alpha value is -0.890. The first-order valence-corrected chi connectivity index (χ1v) is 6.85. The summed E-state index contributed by atoms with van der Waals surface area (Å²) in [6, 6.07) is 4.19. The minimum absolute atomic E-state index is 0.275. The van der Waals surface area contributed by atoms with Gasteiger partial charge < -0.3 is 5.11 Å². The van der Waals surface area contributed by atoms with Crippen molar-refractivity contribution in [2.75, 3.05) is 0 Å². The maximum absolute atomic E-state index is 10.9. The van der Waals surface area contributed by atoms with Crippen LogP contribution in [0.2, 0.25) is 0 Å². The number of pyridine rings is 1. The molecule has 92 valence electrons. The first kappa shape index (κ1) is 11.2. The van der Waals surface area contributed by atoms with Gasteiger partial charge in [-0.15, -0.1) is 0 Å². The lowest BCUT2D eigenvalue weighted by molar-refractivity contribution is 0.00839. The minimum Gasteiger partial charge on any atom is -0.389 e. The molecular formula is C15H21NO. The Morgan fingerprint density at radius 3 is 3.06 bits per heavy atom. The molecule has 0 aliphatic heterocycles. The molecule has 1 saturated carbocycles. The maximum Gasteiger partial charge on any atom is 0.0733 e. The largest absolute Gasteiger partial charge is 0.389 e. The topological polar surface area (TPSA) is 33.1 Å². The summed E-state index contributed by atoms with van der Waals surface area (Å²) < 4.78 is 0. The Labute approximate surface area is 103 Å². The molecule has 0 bridgehead atoms. The van der Waals surface area contributed by atoms with Gasteiger partial charge in [-0.25, -0.2) is 0 Å². The molecule has 2 aliphatic carbocycles. The molecule has 3 unspecified atom stereocenters. The van der Waals surface area contributed by atoms with Gasteiger partial charge in [-0.2, -0.15) is 0 Å². The number of aryl methyl sites for hydroxylation is 1. The molecule has 1 heterocycles. The number of rotatable bonds is 1. The molecule has 0 spiro atoms. The van der Waals surface area contributed by atoms with Crippen molar-refractivity contribution in [1.82, 2.24) is 4.98 Å². The number of aromatic nitrogens is 1. The fraction of sp³-hybridized carbons (Fsp3) is 0.667. The molecule has 2 nitrogen and oxygen atoms in total. The monoisotopic (exact) mass is 231 g/mol. The van der Waals surface area contributed by atoms with E-state index in [1.807, 2.05) is 12.3 Å². The number of nitrogens with zero attached hydrogens (tertiary/aromatic N) is 1. The third-order valence-electron chi connectivity index (χ3n) is 4.62. The summed E-state index contributed by atoms with van der Waals surface area (Å²) in [5.74, 6) is 0.937. The smallest absolute Gasteiger partial charge is 0.0733 e. The first-order valence-electron chi connectivity index (χ1n) is 6.85. The van der Waals surface area contributed by atoms with Gasteiger partial charge in [0.05, 0.1) is 5.60 Å². The quantitative estimate of drug-likeness (QED) is 0.806. The standard InChI is InChI=1S/C15H21NO/c1-11-7-8-15(17,10-11)13-6-2-4-12-5-3-9-16-14(12)13/h3,5,9,11,13,17H,2,4,6-8,10H2,1H3. The molecule has 17 heavy (non-hydrogen) atoms. The van der Waals surface area contributed by atoms with E-state index in [2.05, 4.69) is 18.0 Å². The van der Waals surface area contributed by atoms with Gasteiger partial charge in [-0.05, 0) is 56.1 Å². The van der Waals surface area contributed by atoms with Crippen LogP contribution in [0.5, 0.6) is 0 Å². The van der Waals surface area contributed by atoms with E-state index in [1.165, 1.54) is 17.7 Å². The van der Waals surface area contributed by atoms with E-state index >= 15 is 0 Å². The lowest BCUT2D eigenvalue weighted by Gasteiger charge is -2.36. The number of hydrogen-bond acceptors (Lipinski definition) is 2. The van der Waals surface area contributed by atoms with E-state index in [0.717, 1.165) is 32.1 Å². The van der Waals surface area contributed by atoms with E-state index in [-0.39, 0.29) is 5.92 Å². The van der Waals surface area contributed by atoms with Crippen LogP contribution in [-0.4, -0.2) is 15.7 Å². The normalized spacial score (nSPS) is 36.8. The fourth-order valence-corrected chi connectivity index (χ4v) is 3.75. The van der Waals surface area contributed by atoms with E-state index in [0.29, 0.717) is 5.92 Å². The second-order valence-electron chi connectivity index (χ2n) is 5.94. The van der Waals surface area contributed by atoms with Crippen molar-refractivity contribution in [3.63, 3.8) is 0 Å². The van der Waals surface area contributed by atoms with E-state index in [1.54, 1.807) is 0 Å². The van der Waals surface area contributed by atoms with E-state index in [4.69, 9.17) is 0 Å². The van der Waals surface area contributed by atoms with Crippen LogP contribution in [0, 0.1) is 5.92 Å². The molecule has 1 N–H and O–H groups in total. The molecule has 1 aromatic rings. The summed E-state index contributed by atoms with van der Waals surface area (Å²) in [6.45, 7) is 2.25. The molecule has 0 radical (unpaired) electrons. The Morgan fingerprint density at radius 2 is 2.29 bits per heavy atom. The van der Waals surface area contributed by atoms with Gasteiger partial charge in [0.15, 0.2) is 0 Å². The van der Waals surface area contributed by atoms with Gasteiger partial charge in [0.1, 0.15) is 0 Å². The Bertz CT molecular complexity index is 417. The molecule has 0 amide bonds. The predicted molar refractivity (Wildman–Crippen MR) is 67.9 cm³/mol. The van der Waals surface area contributed by atoms with Gasteiger partial charge in [-0.3, -0.25) is 4.98 Å². The van der Waals surface area contributed by atoms with Crippen LogP contribution >= 0.6 is 0 Å². The molecule has 3 rings (SSSR count). The second-order valence-corrected chi connectivity index (χ2v) is 5.94. The summed E-state index contributed by atoms with van der Waals surface area (Å²) >= 11 is 0. The van der Waals surface area contributed by atoms with Crippen molar-refractivity contribution in [3.8, 4) is 0 Å². The van der Waals surface area contributed by atoms with Crippen molar-refractivity contribution >= 4 is 0 Å². The number of hydrogen-bond donors (Lipinski definition) is 1. The fourth-order valence-electron chi connectivity index (χ4n) is 3.75. The highest BCUT2D eigenvalue weighted by Gasteiger charge is 2.44. The summed E-state index contributed by atoms with van der Waals surface area (Å²) in [7, 11) is 0. The lowest BCUT2D eigenvalue weighted by Crippen LogP contribution is -2.36. The summed E-state index contributed by atoms with van der Waals surface area (Å²) in [4.78, 5) is 4.56. The Morgan fingerprint density at radius 1 is 1.41 bits per heavy atom. The van der Waals surface area contributed by atoms with Crippen LogP contribution in [0.15, 0.2) is 18.3 Å². The van der Waals surface area contributed by atoms with Gasteiger partial charge in [-0.1, -0.05) is 13.0 Å². The third-order valence-corrected chi connectivity index (χ3v) is 4.62.